The first-order valence-electron chi connectivity index (χ1n) is 8.23. The van der Waals surface area contributed by atoms with Gasteiger partial charge in [-0.3, -0.25) is 9.89 Å². The van der Waals surface area contributed by atoms with Crippen molar-refractivity contribution in [2.45, 2.75) is 37.9 Å². The number of nitrogens with one attached hydrogen (secondary N) is 2. The number of guanidine groups is 1. The normalized spacial score (nSPS) is 22.2. The van der Waals surface area contributed by atoms with E-state index in [0.29, 0.717) is 12.6 Å². The Balaban J connectivity index is 1.52. The van der Waals surface area contributed by atoms with Gasteiger partial charge in [0.15, 0.2) is 5.96 Å². The number of hydrogen-bond donors (Lipinski definition) is 2. The van der Waals surface area contributed by atoms with E-state index in [-0.39, 0.29) is 0 Å². The van der Waals surface area contributed by atoms with Crippen LogP contribution in [-0.4, -0.2) is 50.2 Å². The summed E-state index contributed by atoms with van der Waals surface area (Å²) in [5.41, 5.74) is 1.15. The van der Waals surface area contributed by atoms with Crippen LogP contribution in [0.15, 0.2) is 27.7 Å². The van der Waals surface area contributed by atoms with Crippen molar-refractivity contribution in [1.29, 1.82) is 0 Å². The van der Waals surface area contributed by atoms with Gasteiger partial charge in [0.05, 0.1) is 7.11 Å². The lowest BCUT2D eigenvalue weighted by Crippen LogP contribution is -2.44. The number of aliphatic imine (C=N–C) groups is 1. The van der Waals surface area contributed by atoms with E-state index in [1.807, 2.05) is 25.2 Å². The highest BCUT2D eigenvalue weighted by Crippen LogP contribution is 2.29. The van der Waals surface area contributed by atoms with Crippen LogP contribution >= 0.6 is 15.9 Å². The highest BCUT2D eigenvalue weighted by Gasteiger charge is 2.34. The largest absolute Gasteiger partial charge is 0.497 e. The minimum absolute atomic E-state index is 0.496. The smallest absolute Gasteiger partial charge is 0.191 e. The minimum Gasteiger partial charge on any atom is -0.497 e. The topological polar surface area (TPSA) is 48.9 Å². The Kier molecular flexibility index (Phi) is 5.43. The summed E-state index contributed by atoms with van der Waals surface area (Å²) in [5.74, 6) is 1.73. The highest BCUT2D eigenvalue weighted by atomic mass is 79.9. The molecule has 2 fully saturated rings. The van der Waals surface area contributed by atoms with Crippen molar-refractivity contribution in [2.24, 2.45) is 4.99 Å². The zero-order chi connectivity index (χ0) is 16.2. The Morgan fingerprint density at radius 3 is 2.91 bits per heavy atom. The fourth-order valence-corrected chi connectivity index (χ4v) is 3.44. The Bertz CT molecular complexity index is 574. The van der Waals surface area contributed by atoms with Crippen LogP contribution in [0.1, 0.15) is 24.8 Å². The highest BCUT2D eigenvalue weighted by molar-refractivity contribution is 9.10. The van der Waals surface area contributed by atoms with Gasteiger partial charge in [-0.2, -0.15) is 0 Å². The van der Waals surface area contributed by atoms with E-state index in [1.165, 1.54) is 25.8 Å². The third-order valence-electron chi connectivity index (χ3n) is 4.55. The molecule has 1 atom stereocenters. The summed E-state index contributed by atoms with van der Waals surface area (Å²) in [6, 6.07) is 7.34. The first kappa shape index (κ1) is 16.6. The maximum Gasteiger partial charge on any atom is 0.191 e. The zero-order valence-electron chi connectivity index (χ0n) is 13.8. The number of methoxy groups -OCH3 is 1. The number of likely N-dealkylation sites (tertiary alicyclic amines) is 1. The number of ether oxygens (including phenoxy) is 1. The van der Waals surface area contributed by atoms with E-state index in [2.05, 4.69) is 36.5 Å². The van der Waals surface area contributed by atoms with Crippen molar-refractivity contribution in [1.82, 2.24) is 15.5 Å². The number of rotatable bonds is 5. The summed E-state index contributed by atoms with van der Waals surface area (Å²) in [6.07, 6.45) is 3.95. The molecule has 0 spiro atoms. The van der Waals surface area contributed by atoms with Crippen molar-refractivity contribution < 1.29 is 4.74 Å². The van der Waals surface area contributed by atoms with E-state index < -0.39 is 0 Å². The summed E-state index contributed by atoms with van der Waals surface area (Å²) >= 11 is 3.59. The number of benzene rings is 1. The Labute approximate surface area is 146 Å². The summed E-state index contributed by atoms with van der Waals surface area (Å²) in [6.45, 7) is 3.05. The molecule has 1 unspecified atom stereocenters. The van der Waals surface area contributed by atoms with Gasteiger partial charge in [0.1, 0.15) is 5.75 Å². The first-order valence-corrected chi connectivity index (χ1v) is 9.02. The van der Waals surface area contributed by atoms with Crippen molar-refractivity contribution in [2.75, 3.05) is 27.2 Å². The van der Waals surface area contributed by atoms with Gasteiger partial charge in [-0.15, -0.1) is 0 Å². The number of nitrogens with zero attached hydrogens (tertiary/aromatic N) is 2. The van der Waals surface area contributed by atoms with Crippen LogP contribution < -0.4 is 15.4 Å². The predicted molar refractivity (Wildman–Crippen MR) is 97.0 cm³/mol. The Hall–Kier alpha value is -1.27. The molecular formula is C17H25BrN4O. The maximum atomic E-state index is 5.29. The molecule has 2 N–H and O–H groups in total. The van der Waals surface area contributed by atoms with Crippen LogP contribution in [0, 0.1) is 0 Å². The van der Waals surface area contributed by atoms with E-state index in [1.54, 1.807) is 7.11 Å². The Morgan fingerprint density at radius 1 is 1.39 bits per heavy atom. The molecule has 1 saturated heterocycles. The molecule has 2 aliphatic rings. The molecule has 6 heteroatoms. The minimum atomic E-state index is 0.496. The SMILES string of the molecule is CN=C(NCc1cc(OC)ccc1Br)NC1CCN(C2CC2)C1. The van der Waals surface area contributed by atoms with Gasteiger partial charge in [0.25, 0.3) is 0 Å². The summed E-state index contributed by atoms with van der Waals surface area (Å²) in [7, 11) is 3.51. The lowest BCUT2D eigenvalue weighted by atomic mass is 10.2. The van der Waals surface area contributed by atoms with Crippen molar-refractivity contribution in [3.63, 3.8) is 0 Å². The molecule has 1 saturated carbocycles. The van der Waals surface area contributed by atoms with Gasteiger partial charge >= 0.3 is 0 Å². The second-order valence-electron chi connectivity index (χ2n) is 6.24. The van der Waals surface area contributed by atoms with E-state index >= 15 is 0 Å². The molecule has 1 aliphatic carbocycles. The standard InChI is InChI=1S/C17H25BrN4O/c1-19-17(21-13-7-8-22(11-13)14-3-4-14)20-10-12-9-15(23-2)5-6-16(12)18/h5-6,9,13-14H,3-4,7-8,10-11H2,1-2H3,(H2,19,20,21). The third kappa shape index (κ3) is 4.38. The average Bonchev–Trinajstić information content (AvgIpc) is 3.32. The molecule has 1 aliphatic heterocycles. The van der Waals surface area contributed by atoms with Crippen molar-refractivity contribution >= 4 is 21.9 Å². The lowest BCUT2D eigenvalue weighted by molar-refractivity contribution is 0.321. The molecule has 1 aromatic carbocycles. The van der Waals surface area contributed by atoms with Crippen molar-refractivity contribution in [3.05, 3.63) is 28.2 Å². The van der Waals surface area contributed by atoms with Crippen LogP contribution in [0.2, 0.25) is 0 Å². The van der Waals surface area contributed by atoms with Gasteiger partial charge in [0.2, 0.25) is 0 Å². The summed E-state index contributed by atoms with van der Waals surface area (Å²) < 4.78 is 6.36. The molecule has 126 valence electrons. The molecular weight excluding hydrogens is 356 g/mol. The fourth-order valence-electron chi connectivity index (χ4n) is 3.06. The monoisotopic (exact) mass is 380 g/mol. The molecule has 23 heavy (non-hydrogen) atoms. The van der Waals surface area contributed by atoms with Crippen LogP contribution in [0.25, 0.3) is 0 Å². The average molecular weight is 381 g/mol. The molecule has 1 heterocycles. The summed E-state index contributed by atoms with van der Waals surface area (Å²) in [5, 5.41) is 6.95. The van der Waals surface area contributed by atoms with Crippen LogP contribution in [0.5, 0.6) is 5.75 Å². The Morgan fingerprint density at radius 2 is 2.22 bits per heavy atom. The number of halogens is 1. The van der Waals surface area contributed by atoms with Crippen LogP contribution in [-0.2, 0) is 6.54 Å². The first-order chi connectivity index (χ1) is 11.2. The molecule has 5 nitrogen and oxygen atoms in total. The van der Waals surface area contributed by atoms with E-state index in [4.69, 9.17) is 4.74 Å². The van der Waals surface area contributed by atoms with E-state index in [9.17, 15) is 0 Å². The predicted octanol–water partition coefficient (Wildman–Crippen LogP) is 2.36. The van der Waals surface area contributed by atoms with E-state index in [0.717, 1.165) is 34.3 Å². The second kappa shape index (κ2) is 7.53. The van der Waals surface area contributed by atoms with Crippen LogP contribution in [0.4, 0.5) is 0 Å². The van der Waals surface area contributed by atoms with Gasteiger partial charge in [0, 0.05) is 43.2 Å². The molecule has 0 aromatic heterocycles. The second-order valence-corrected chi connectivity index (χ2v) is 7.09. The van der Waals surface area contributed by atoms with Gasteiger partial charge in [-0.25, -0.2) is 0 Å². The quantitative estimate of drug-likeness (QED) is 0.607. The third-order valence-corrected chi connectivity index (χ3v) is 5.32. The van der Waals surface area contributed by atoms with Crippen molar-refractivity contribution in [3.8, 4) is 5.75 Å². The zero-order valence-corrected chi connectivity index (χ0v) is 15.4. The lowest BCUT2D eigenvalue weighted by Gasteiger charge is -2.19. The van der Waals surface area contributed by atoms with Gasteiger partial charge in [-0.05, 0) is 43.0 Å². The molecule has 0 amide bonds. The molecule has 0 bridgehead atoms. The van der Waals surface area contributed by atoms with Gasteiger partial charge < -0.3 is 15.4 Å². The van der Waals surface area contributed by atoms with Gasteiger partial charge in [-0.1, -0.05) is 15.9 Å². The molecule has 3 rings (SSSR count). The fraction of sp³-hybridized carbons (Fsp3) is 0.588. The number of hydrogen-bond acceptors (Lipinski definition) is 3. The molecule has 0 radical (unpaired) electrons. The maximum absolute atomic E-state index is 5.29. The summed E-state index contributed by atoms with van der Waals surface area (Å²) in [4.78, 5) is 6.95. The molecule has 1 aromatic rings. The van der Waals surface area contributed by atoms with Crippen LogP contribution in [0.3, 0.4) is 0 Å².